The lowest BCUT2D eigenvalue weighted by atomic mass is 10.2. The first-order chi connectivity index (χ1) is 7.99. The van der Waals surface area contributed by atoms with Crippen molar-refractivity contribution in [2.75, 3.05) is 11.9 Å². The summed E-state index contributed by atoms with van der Waals surface area (Å²) in [7, 11) is 1.72. The van der Waals surface area contributed by atoms with E-state index in [2.05, 4.69) is 20.9 Å². The molecule has 6 nitrogen and oxygen atoms in total. The number of pyridine rings is 1. The Hall–Kier alpha value is -1.68. The summed E-state index contributed by atoms with van der Waals surface area (Å²) in [5.74, 6) is 0. The fraction of sp³-hybridized carbons (Fsp3) is 0.400. The van der Waals surface area contributed by atoms with Crippen molar-refractivity contribution >= 4 is 27.3 Å². The van der Waals surface area contributed by atoms with E-state index in [0.29, 0.717) is 16.6 Å². The predicted molar refractivity (Wildman–Crippen MR) is 66.7 cm³/mol. The lowest BCUT2D eigenvalue weighted by Crippen LogP contribution is -2.29. The molecule has 0 fully saturated rings. The Morgan fingerprint density at radius 3 is 2.88 bits per heavy atom. The molecule has 0 aliphatic carbocycles. The minimum absolute atomic E-state index is 0.0772. The standard InChI is InChI=1S/C10H11BrN4O2/c1-7(3-4-12)14(2)10-8(11)5-13-6-9(10)15(16)17/h5-7H,3H2,1-2H3. The third-order valence-corrected chi connectivity index (χ3v) is 3.03. The second kappa shape index (κ2) is 5.59. The fourth-order valence-electron chi connectivity index (χ4n) is 1.39. The number of halogens is 1. The van der Waals surface area contributed by atoms with E-state index < -0.39 is 4.92 Å². The molecule has 0 spiro atoms. The summed E-state index contributed by atoms with van der Waals surface area (Å²) in [4.78, 5) is 15.9. The molecule has 1 heterocycles. The van der Waals surface area contributed by atoms with Crippen molar-refractivity contribution in [2.24, 2.45) is 0 Å². The van der Waals surface area contributed by atoms with Gasteiger partial charge >= 0.3 is 5.69 Å². The van der Waals surface area contributed by atoms with Crippen molar-refractivity contribution in [3.8, 4) is 6.07 Å². The molecular weight excluding hydrogens is 288 g/mol. The number of hydrogen-bond acceptors (Lipinski definition) is 5. The normalized spacial score (nSPS) is 11.6. The maximum atomic E-state index is 10.9. The van der Waals surface area contributed by atoms with Gasteiger partial charge in [0.25, 0.3) is 0 Å². The first kappa shape index (κ1) is 13.4. The first-order valence-corrected chi connectivity index (χ1v) is 5.66. The molecular formula is C10H11BrN4O2. The van der Waals surface area contributed by atoms with Crippen LogP contribution in [-0.2, 0) is 0 Å². The van der Waals surface area contributed by atoms with E-state index in [9.17, 15) is 10.1 Å². The molecule has 1 aromatic heterocycles. The van der Waals surface area contributed by atoms with Gasteiger partial charge in [0.1, 0.15) is 11.9 Å². The van der Waals surface area contributed by atoms with Crippen LogP contribution in [0.2, 0.25) is 0 Å². The van der Waals surface area contributed by atoms with Crippen LogP contribution in [0.5, 0.6) is 0 Å². The van der Waals surface area contributed by atoms with E-state index in [1.54, 1.807) is 11.9 Å². The lowest BCUT2D eigenvalue weighted by Gasteiger charge is -2.25. The zero-order chi connectivity index (χ0) is 13.0. The van der Waals surface area contributed by atoms with Gasteiger partial charge in [0, 0.05) is 19.3 Å². The summed E-state index contributed by atoms with van der Waals surface area (Å²) in [5, 5.41) is 19.6. The molecule has 0 aliphatic rings. The van der Waals surface area contributed by atoms with E-state index in [4.69, 9.17) is 5.26 Å². The quantitative estimate of drug-likeness (QED) is 0.630. The summed E-state index contributed by atoms with van der Waals surface area (Å²) < 4.78 is 0.541. The van der Waals surface area contributed by atoms with Gasteiger partial charge in [-0.05, 0) is 22.9 Å². The number of nitro groups is 1. The number of rotatable bonds is 4. The molecule has 1 unspecified atom stereocenters. The highest BCUT2D eigenvalue weighted by molar-refractivity contribution is 9.10. The van der Waals surface area contributed by atoms with Gasteiger partial charge in [0.05, 0.1) is 21.9 Å². The van der Waals surface area contributed by atoms with Gasteiger partial charge in [0.2, 0.25) is 0 Å². The smallest absolute Gasteiger partial charge is 0.311 e. The van der Waals surface area contributed by atoms with Crippen LogP contribution in [0, 0.1) is 21.4 Å². The van der Waals surface area contributed by atoms with Gasteiger partial charge in [-0.1, -0.05) is 0 Å². The van der Waals surface area contributed by atoms with E-state index >= 15 is 0 Å². The number of nitriles is 1. The molecule has 17 heavy (non-hydrogen) atoms. The average Bonchev–Trinajstić information content (AvgIpc) is 2.28. The molecule has 0 bridgehead atoms. The fourth-order valence-corrected chi connectivity index (χ4v) is 1.99. The van der Waals surface area contributed by atoms with Crippen LogP contribution >= 0.6 is 15.9 Å². The summed E-state index contributed by atoms with van der Waals surface area (Å²) in [6, 6.07) is 1.93. The summed E-state index contributed by atoms with van der Waals surface area (Å²) in [5.41, 5.74) is 0.361. The van der Waals surface area contributed by atoms with Crippen LogP contribution in [0.3, 0.4) is 0 Å². The minimum Gasteiger partial charge on any atom is -0.364 e. The van der Waals surface area contributed by atoms with Crippen molar-refractivity contribution in [3.63, 3.8) is 0 Å². The van der Waals surface area contributed by atoms with Crippen LogP contribution in [0.1, 0.15) is 13.3 Å². The average molecular weight is 299 g/mol. The SMILES string of the molecule is CC(CC#N)N(C)c1c(Br)cncc1[N+](=O)[O-]. The van der Waals surface area contributed by atoms with Crippen LogP contribution in [-0.4, -0.2) is 23.0 Å². The molecule has 0 saturated carbocycles. The van der Waals surface area contributed by atoms with Crippen LogP contribution in [0.4, 0.5) is 11.4 Å². The predicted octanol–water partition coefficient (Wildman–Crippen LogP) is 2.49. The van der Waals surface area contributed by atoms with Crippen molar-refractivity contribution in [3.05, 3.63) is 27.0 Å². The molecule has 0 aliphatic heterocycles. The number of nitrogens with zero attached hydrogens (tertiary/aromatic N) is 4. The molecule has 0 N–H and O–H groups in total. The van der Waals surface area contributed by atoms with Gasteiger partial charge < -0.3 is 4.90 Å². The molecule has 1 rings (SSSR count). The highest BCUT2D eigenvalue weighted by atomic mass is 79.9. The lowest BCUT2D eigenvalue weighted by molar-refractivity contribution is -0.384. The largest absolute Gasteiger partial charge is 0.364 e. The maximum Gasteiger partial charge on any atom is 0.311 e. The molecule has 0 aromatic carbocycles. The minimum atomic E-state index is -0.483. The Bertz CT molecular complexity index is 472. The van der Waals surface area contributed by atoms with Crippen molar-refractivity contribution in [1.82, 2.24) is 4.98 Å². The van der Waals surface area contributed by atoms with Crippen LogP contribution in [0.25, 0.3) is 0 Å². The van der Waals surface area contributed by atoms with E-state index in [1.807, 2.05) is 13.0 Å². The Morgan fingerprint density at radius 2 is 2.35 bits per heavy atom. The Kier molecular flexibility index (Phi) is 4.40. The molecule has 1 atom stereocenters. The number of anilines is 1. The van der Waals surface area contributed by atoms with Gasteiger partial charge in [0.15, 0.2) is 0 Å². The summed E-state index contributed by atoms with van der Waals surface area (Å²) >= 11 is 3.24. The zero-order valence-electron chi connectivity index (χ0n) is 9.42. The second-order valence-electron chi connectivity index (χ2n) is 3.57. The Labute approximate surface area is 107 Å². The van der Waals surface area contributed by atoms with Gasteiger partial charge in [-0.25, -0.2) is 0 Å². The maximum absolute atomic E-state index is 10.9. The third-order valence-electron chi connectivity index (χ3n) is 2.45. The van der Waals surface area contributed by atoms with Crippen LogP contribution in [0.15, 0.2) is 16.9 Å². The van der Waals surface area contributed by atoms with Crippen LogP contribution < -0.4 is 4.90 Å². The number of hydrogen-bond donors (Lipinski definition) is 0. The summed E-state index contributed by atoms with van der Waals surface area (Å²) in [6.45, 7) is 1.83. The Balaban J connectivity index is 3.20. The molecule has 0 amide bonds. The Morgan fingerprint density at radius 1 is 1.71 bits per heavy atom. The summed E-state index contributed by atoms with van der Waals surface area (Å²) in [6.07, 6.45) is 3.00. The number of aromatic nitrogens is 1. The molecule has 1 aromatic rings. The van der Waals surface area contributed by atoms with Gasteiger partial charge in [-0.15, -0.1) is 0 Å². The van der Waals surface area contributed by atoms with Crippen molar-refractivity contribution in [1.29, 1.82) is 5.26 Å². The monoisotopic (exact) mass is 298 g/mol. The first-order valence-electron chi connectivity index (χ1n) is 4.86. The molecule has 90 valence electrons. The topological polar surface area (TPSA) is 83.1 Å². The molecule has 0 saturated heterocycles. The van der Waals surface area contributed by atoms with E-state index in [0.717, 1.165) is 0 Å². The molecule has 0 radical (unpaired) electrons. The highest BCUT2D eigenvalue weighted by Gasteiger charge is 2.23. The highest BCUT2D eigenvalue weighted by Crippen LogP contribution is 2.35. The van der Waals surface area contributed by atoms with Crippen molar-refractivity contribution < 1.29 is 4.92 Å². The van der Waals surface area contributed by atoms with Crippen molar-refractivity contribution in [2.45, 2.75) is 19.4 Å². The van der Waals surface area contributed by atoms with Gasteiger partial charge in [-0.2, -0.15) is 5.26 Å². The van der Waals surface area contributed by atoms with Gasteiger partial charge in [-0.3, -0.25) is 15.1 Å². The zero-order valence-corrected chi connectivity index (χ0v) is 11.0. The van der Waals surface area contributed by atoms with E-state index in [-0.39, 0.29) is 11.7 Å². The van der Waals surface area contributed by atoms with E-state index in [1.165, 1.54) is 12.4 Å². The third kappa shape index (κ3) is 2.91. The second-order valence-corrected chi connectivity index (χ2v) is 4.42. The molecule has 7 heteroatoms.